The third-order valence-electron chi connectivity index (χ3n) is 1.46. The number of carbonyl (C=O) groups excluding carboxylic acids is 1. The molecule has 2 nitrogen and oxygen atoms in total. The minimum atomic E-state index is -0.323. The molecule has 0 aliphatic carbocycles. The quantitative estimate of drug-likeness (QED) is 0.206. The van der Waals surface area contributed by atoms with Crippen LogP contribution in [0, 0.1) is 0 Å². The zero-order valence-electron chi connectivity index (χ0n) is 8.03. The lowest BCUT2D eigenvalue weighted by Crippen LogP contribution is -1.92. The van der Waals surface area contributed by atoms with Gasteiger partial charge in [0.15, 0.2) is 0 Å². The molecule has 0 unspecified atom stereocenters. The molecule has 0 spiro atoms. The Morgan fingerprint density at radius 1 is 1.38 bits per heavy atom. The van der Waals surface area contributed by atoms with Gasteiger partial charge in [0.2, 0.25) is 0 Å². The van der Waals surface area contributed by atoms with Gasteiger partial charge >= 0.3 is 5.97 Å². The molecular weight excluding hydrogens is 164 g/mol. The van der Waals surface area contributed by atoms with E-state index >= 15 is 0 Å². The molecule has 0 aliphatic rings. The van der Waals surface area contributed by atoms with Gasteiger partial charge in [0, 0.05) is 6.08 Å². The van der Waals surface area contributed by atoms with E-state index in [1.165, 1.54) is 13.2 Å². The van der Waals surface area contributed by atoms with Crippen LogP contribution in [0.4, 0.5) is 0 Å². The monoisotopic (exact) mass is 180 g/mol. The maximum Gasteiger partial charge on any atom is 0.330 e. The largest absolute Gasteiger partial charge is 0.466 e. The van der Waals surface area contributed by atoms with Crippen molar-refractivity contribution in [2.75, 3.05) is 7.11 Å². The molecule has 0 saturated carbocycles. The zero-order chi connectivity index (χ0) is 9.94. The average molecular weight is 180 g/mol. The van der Waals surface area contributed by atoms with E-state index in [1.54, 1.807) is 6.08 Å². The molecule has 0 amide bonds. The van der Waals surface area contributed by atoms with Crippen molar-refractivity contribution in [1.82, 2.24) is 0 Å². The highest BCUT2D eigenvalue weighted by atomic mass is 16.5. The fourth-order valence-corrected chi connectivity index (χ4v) is 0.757. The summed E-state index contributed by atoms with van der Waals surface area (Å²) in [5, 5.41) is 0. The molecule has 0 radical (unpaired) electrons. The predicted octanol–water partition coefficient (Wildman–Crippen LogP) is 2.63. The minimum Gasteiger partial charge on any atom is -0.466 e. The fourth-order valence-electron chi connectivity index (χ4n) is 0.757. The lowest BCUT2D eigenvalue weighted by molar-refractivity contribution is -0.134. The SMILES string of the molecule is C=CCCCC=CC=CC(=O)OC. The fraction of sp³-hybridized carbons (Fsp3) is 0.364. The van der Waals surface area contributed by atoms with Crippen molar-refractivity contribution in [3.63, 3.8) is 0 Å². The third-order valence-corrected chi connectivity index (χ3v) is 1.46. The van der Waals surface area contributed by atoms with Gasteiger partial charge < -0.3 is 4.74 Å². The molecular formula is C11H16O2. The number of rotatable bonds is 6. The van der Waals surface area contributed by atoms with E-state index in [-0.39, 0.29) is 5.97 Å². The summed E-state index contributed by atoms with van der Waals surface area (Å²) in [6.07, 6.45) is 12.0. The highest BCUT2D eigenvalue weighted by Gasteiger charge is 1.86. The first kappa shape index (κ1) is 11.7. The molecule has 72 valence electrons. The summed E-state index contributed by atoms with van der Waals surface area (Å²) in [5.41, 5.74) is 0. The maximum absolute atomic E-state index is 10.6. The summed E-state index contributed by atoms with van der Waals surface area (Å²) in [7, 11) is 1.36. The molecule has 0 aliphatic heterocycles. The summed E-state index contributed by atoms with van der Waals surface area (Å²) < 4.78 is 4.42. The van der Waals surface area contributed by atoms with Crippen LogP contribution in [0.15, 0.2) is 37.0 Å². The Morgan fingerprint density at radius 3 is 2.77 bits per heavy atom. The van der Waals surface area contributed by atoms with Crippen LogP contribution in [0.1, 0.15) is 19.3 Å². The van der Waals surface area contributed by atoms with Gasteiger partial charge in [-0.15, -0.1) is 6.58 Å². The average Bonchev–Trinajstić information content (AvgIpc) is 2.16. The summed E-state index contributed by atoms with van der Waals surface area (Å²) in [6, 6.07) is 0. The number of ether oxygens (including phenoxy) is 1. The molecule has 0 aromatic heterocycles. The van der Waals surface area contributed by atoms with Crippen LogP contribution in [-0.2, 0) is 9.53 Å². The van der Waals surface area contributed by atoms with Gasteiger partial charge in [-0.05, 0) is 19.3 Å². The van der Waals surface area contributed by atoms with E-state index in [0.29, 0.717) is 0 Å². The Balaban J connectivity index is 3.45. The van der Waals surface area contributed by atoms with Crippen LogP contribution in [0.5, 0.6) is 0 Å². The first-order chi connectivity index (χ1) is 6.31. The highest BCUT2D eigenvalue weighted by Crippen LogP contribution is 1.96. The molecule has 0 fully saturated rings. The number of hydrogen-bond acceptors (Lipinski definition) is 2. The van der Waals surface area contributed by atoms with Crippen LogP contribution >= 0.6 is 0 Å². The molecule has 0 saturated heterocycles. The number of methoxy groups -OCH3 is 1. The summed E-state index contributed by atoms with van der Waals surface area (Å²) in [6.45, 7) is 3.63. The molecule has 0 bridgehead atoms. The number of hydrogen-bond donors (Lipinski definition) is 0. The molecule has 0 aromatic rings. The molecule has 0 rings (SSSR count). The Labute approximate surface area is 79.6 Å². The minimum absolute atomic E-state index is 0.323. The second-order valence-corrected chi connectivity index (χ2v) is 2.53. The lowest BCUT2D eigenvalue weighted by Gasteiger charge is -1.88. The highest BCUT2D eigenvalue weighted by molar-refractivity contribution is 5.82. The van der Waals surface area contributed by atoms with E-state index < -0.39 is 0 Å². The van der Waals surface area contributed by atoms with Gasteiger partial charge in [0.1, 0.15) is 0 Å². The number of carbonyl (C=O) groups is 1. The Kier molecular flexibility index (Phi) is 7.90. The first-order valence-corrected chi connectivity index (χ1v) is 4.33. The number of allylic oxidation sites excluding steroid dienone is 4. The van der Waals surface area contributed by atoms with Crippen LogP contribution in [0.3, 0.4) is 0 Å². The van der Waals surface area contributed by atoms with Gasteiger partial charge in [-0.2, -0.15) is 0 Å². The zero-order valence-corrected chi connectivity index (χ0v) is 8.03. The molecule has 13 heavy (non-hydrogen) atoms. The summed E-state index contributed by atoms with van der Waals surface area (Å²) >= 11 is 0. The van der Waals surface area contributed by atoms with Crippen molar-refractivity contribution in [3.8, 4) is 0 Å². The molecule has 2 heteroatoms. The normalized spacial score (nSPS) is 10.8. The molecule has 0 heterocycles. The first-order valence-electron chi connectivity index (χ1n) is 4.33. The topological polar surface area (TPSA) is 26.3 Å². The van der Waals surface area contributed by atoms with Crippen molar-refractivity contribution < 1.29 is 9.53 Å². The van der Waals surface area contributed by atoms with Crippen LogP contribution in [0.2, 0.25) is 0 Å². The number of esters is 1. The maximum atomic E-state index is 10.6. The van der Waals surface area contributed by atoms with E-state index in [2.05, 4.69) is 11.3 Å². The lowest BCUT2D eigenvalue weighted by atomic mass is 10.2. The van der Waals surface area contributed by atoms with Crippen molar-refractivity contribution in [1.29, 1.82) is 0 Å². The van der Waals surface area contributed by atoms with Crippen molar-refractivity contribution in [2.24, 2.45) is 0 Å². The van der Waals surface area contributed by atoms with Crippen LogP contribution < -0.4 is 0 Å². The second-order valence-electron chi connectivity index (χ2n) is 2.53. The number of unbranched alkanes of at least 4 members (excludes halogenated alkanes) is 2. The second kappa shape index (κ2) is 8.78. The van der Waals surface area contributed by atoms with Crippen molar-refractivity contribution in [2.45, 2.75) is 19.3 Å². The van der Waals surface area contributed by atoms with E-state index in [4.69, 9.17) is 0 Å². The van der Waals surface area contributed by atoms with Crippen molar-refractivity contribution >= 4 is 5.97 Å². The van der Waals surface area contributed by atoms with E-state index in [0.717, 1.165) is 19.3 Å². The van der Waals surface area contributed by atoms with Gasteiger partial charge in [-0.1, -0.05) is 24.3 Å². The molecule has 0 atom stereocenters. The Hall–Kier alpha value is -1.31. The van der Waals surface area contributed by atoms with E-state index in [1.807, 2.05) is 18.2 Å². The van der Waals surface area contributed by atoms with E-state index in [9.17, 15) is 4.79 Å². The smallest absolute Gasteiger partial charge is 0.330 e. The van der Waals surface area contributed by atoms with Crippen LogP contribution in [0.25, 0.3) is 0 Å². The predicted molar refractivity (Wildman–Crippen MR) is 54.3 cm³/mol. The standard InChI is InChI=1S/C11H16O2/c1-3-4-5-6-7-8-9-10-11(12)13-2/h3,7-10H,1,4-6H2,2H3. The van der Waals surface area contributed by atoms with Gasteiger partial charge in [0.05, 0.1) is 7.11 Å². The summed E-state index contributed by atoms with van der Waals surface area (Å²) in [5.74, 6) is -0.323. The Bertz CT molecular complexity index is 202. The van der Waals surface area contributed by atoms with Gasteiger partial charge in [0.25, 0.3) is 0 Å². The Morgan fingerprint density at radius 2 is 2.15 bits per heavy atom. The molecule has 0 aromatic carbocycles. The third kappa shape index (κ3) is 8.60. The summed E-state index contributed by atoms with van der Waals surface area (Å²) in [4.78, 5) is 10.6. The molecule has 0 N–H and O–H groups in total. The van der Waals surface area contributed by atoms with Gasteiger partial charge in [-0.3, -0.25) is 0 Å². The van der Waals surface area contributed by atoms with Gasteiger partial charge in [-0.25, -0.2) is 4.79 Å². The van der Waals surface area contributed by atoms with Crippen molar-refractivity contribution in [3.05, 3.63) is 37.0 Å². The van der Waals surface area contributed by atoms with Crippen LogP contribution in [-0.4, -0.2) is 13.1 Å².